The van der Waals surface area contributed by atoms with Crippen molar-refractivity contribution >= 4 is 16.7 Å². The van der Waals surface area contributed by atoms with Crippen LogP contribution >= 0.6 is 0 Å². The van der Waals surface area contributed by atoms with Crippen molar-refractivity contribution in [1.82, 2.24) is 10.6 Å². The summed E-state index contributed by atoms with van der Waals surface area (Å²) in [4.78, 5) is 11.7. The van der Waals surface area contributed by atoms with Crippen molar-refractivity contribution in [3.63, 3.8) is 0 Å². The minimum atomic E-state index is -0.824. The molecule has 1 rings (SSSR count). The molecule has 1 heterocycles. The van der Waals surface area contributed by atoms with Gasteiger partial charge in [-0.1, -0.05) is 6.92 Å². The first-order valence-corrected chi connectivity index (χ1v) is 7.10. The fourth-order valence-corrected chi connectivity index (χ4v) is 2.21. The van der Waals surface area contributed by atoms with Crippen molar-refractivity contribution in [2.45, 2.75) is 13.3 Å². The van der Waals surface area contributed by atoms with Gasteiger partial charge in [0.1, 0.15) is 0 Å². The molecule has 3 unspecified atom stereocenters. The van der Waals surface area contributed by atoms with Crippen LogP contribution in [0.3, 0.4) is 0 Å². The Bertz CT molecular complexity index is 246. The Labute approximate surface area is 93.7 Å². The number of piperidine rings is 1. The van der Waals surface area contributed by atoms with Gasteiger partial charge in [-0.05, 0) is 18.9 Å². The Hall–Kier alpha value is -0.420. The zero-order valence-corrected chi connectivity index (χ0v) is 10.2. The van der Waals surface area contributed by atoms with Gasteiger partial charge in [0.15, 0.2) is 0 Å². The van der Waals surface area contributed by atoms with Crippen LogP contribution in [-0.2, 0) is 15.6 Å². The Morgan fingerprint density at radius 1 is 1.53 bits per heavy atom. The molecule has 0 aromatic rings. The van der Waals surface area contributed by atoms with E-state index in [4.69, 9.17) is 0 Å². The quantitative estimate of drug-likeness (QED) is 0.701. The highest BCUT2D eigenvalue weighted by Gasteiger charge is 2.24. The highest BCUT2D eigenvalue weighted by atomic mass is 32.2. The summed E-state index contributed by atoms with van der Waals surface area (Å²) in [6.45, 7) is 4.44. The van der Waals surface area contributed by atoms with E-state index in [0.717, 1.165) is 19.5 Å². The molecule has 1 saturated heterocycles. The number of carbonyl (C=O) groups is 1. The van der Waals surface area contributed by atoms with E-state index in [-0.39, 0.29) is 11.8 Å². The van der Waals surface area contributed by atoms with Crippen LogP contribution in [0, 0.1) is 11.8 Å². The summed E-state index contributed by atoms with van der Waals surface area (Å²) in [6, 6.07) is 0. The second-order valence-electron chi connectivity index (χ2n) is 4.26. The second-order valence-corrected chi connectivity index (χ2v) is 5.82. The molecular weight excluding hydrogens is 212 g/mol. The predicted molar refractivity (Wildman–Crippen MR) is 62.1 cm³/mol. The van der Waals surface area contributed by atoms with Crippen LogP contribution in [0.4, 0.5) is 0 Å². The molecule has 1 amide bonds. The van der Waals surface area contributed by atoms with E-state index in [0.29, 0.717) is 18.2 Å². The fraction of sp³-hybridized carbons (Fsp3) is 0.900. The molecule has 0 radical (unpaired) electrons. The number of hydrogen-bond acceptors (Lipinski definition) is 3. The summed E-state index contributed by atoms with van der Waals surface area (Å²) in [5.41, 5.74) is 0. The van der Waals surface area contributed by atoms with Gasteiger partial charge in [-0.15, -0.1) is 0 Å². The molecule has 0 spiro atoms. The number of carbonyl (C=O) groups excluding carboxylic acids is 1. The molecule has 0 bridgehead atoms. The number of rotatable bonds is 4. The maximum Gasteiger partial charge on any atom is 0.224 e. The highest BCUT2D eigenvalue weighted by molar-refractivity contribution is 7.84. The van der Waals surface area contributed by atoms with Crippen LogP contribution in [0.15, 0.2) is 0 Å². The molecule has 1 aliphatic rings. The molecule has 0 aromatic carbocycles. The molecule has 5 heteroatoms. The summed E-state index contributed by atoms with van der Waals surface area (Å²) in [5.74, 6) is 1.29. The number of nitrogens with one attached hydrogen (secondary N) is 2. The van der Waals surface area contributed by atoms with Crippen LogP contribution in [0.2, 0.25) is 0 Å². The highest BCUT2D eigenvalue weighted by Crippen LogP contribution is 2.15. The summed E-state index contributed by atoms with van der Waals surface area (Å²) in [7, 11) is -0.824. The van der Waals surface area contributed by atoms with E-state index in [1.165, 1.54) is 0 Å². The van der Waals surface area contributed by atoms with Crippen LogP contribution in [-0.4, -0.2) is 41.8 Å². The van der Waals surface area contributed by atoms with Crippen molar-refractivity contribution in [3.8, 4) is 0 Å². The predicted octanol–water partition coefficient (Wildman–Crippen LogP) is -0.273. The van der Waals surface area contributed by atoms with Crippen molar-refractivity contribution in [1.29, 1.82) is 0 Å². The molecular formula is C10H20N2O2S. The normalized spacial score (nSPS) is 28.4. The molecule has 0 aromatic heterocycles. The maximum absolute atomic E-state index is 11.7. The average Bonchev–Trinajstić information content (AvgIpc) is 2.17. The fourth-order valence-electron chi connectivity index (χ4n) is 1.82. The first-order chi connectivity index (χ1) is 7.09. The topological polar surface area (TPSA) is 58.2 Å². The van der Waals surface area contributed by atoms with Gasteiger partial charge in [0.05, 0.1) is 5.92 Å². The third-order valence-electron chi connectivity index (χ3n) is 2.63. The van der Waals surface area contributed by atoms with Gasteiger partial charge in [-0.25, -0.2) is 0 Å². The molecule has 4 nitrogen and oxygen atoms in total. The lowest BCUT2D eigenvalue weighted by molar-refractivity contribution is -0.125. The third kappa shape index (κ3) is 4.75. The molecule has 15 heavy (non-hydrogen) atoms. The summed E-state index contributed by atoms with van der Waals surface area (Å²) in [5, 5.41) is 6.08. The maximum atomic E-state index is 11.7. The van der Waals surface area contributed by atoms with Gasteiger partial charge in [-0.2, -0.15) is 0 Å². The van der Waals surface area contributed by atoms with Gasteiger partial charge >= 0.3 is 0 Å². The summed E-state index contributed by atoms with van der Waals surface area (Å²) >= 11 is 0. The minimum absolute atomic E-state index is 0.0824. The lowest BCUT2D eigenvalue weighted by atomic mass is 9.91. The Kier molecular flexibility index (Phi) is 5.25. The lowest BCUT2D eigenvalue weighted by Crippen LogP contribution is -2.44. The molecule has 1 fully saturated rings. The minimum Gasteiger partial charge on any atom is -0.355 e. The average molecular weight is 232 g/mol. The third-order valence-corrected chi connectivity index (χ3v) is 3.41. The van der Waals surface area contributed by atoms with E-state index in [1.807, 2.05) is 0 Å². The van der Waals surface area contributed by atoms with Gasteiger partial charge in [0.2, 0.25) is 5.91 Å². The molecule has 1 aliphatic heterocycles. The molecule has 2 N–H and O–H groups in total. The number of amides is 1. The Balaban J connectivity index is 2.24. The monoisotopic (exact) mass is 232 g/mol. The lowest BCUT2D eigenvalue weighted by Gasteiger charge is -2.26. The van der Waals surface area contributed by atoms with Gasteiger partial charge in [-0.3, -0.25) is 9.00 Å². The first kappa shape index (κ1) is 12.6. The van der Waals surface area contributed by atoms with Crippen LogP contribution in [0.1, 0.15) is 13.3 Å². The van der Waals surface area contributed by atoms with Crippen LogP contribution in [0.5, 0.6) is 0 Å². The standard InChI is InChI=1S/C10H20N2O2S/c1-8-5-9(7-11-6-8)10(13)12-3-4-15(2)14/h8-9,11H,3-7H2,1-2H3,(H,12,13). The molecule has 0 aliphatic carbocycles. The van der Waals surface area contributed by atoms with E-state index in [1.54, 1.807) is 6.26 Å². The largest absolute Gasteiger partial charge is 0.355 e. The van der Waals surface area contributed by atoms with E-state index in [2.05, 4.69) is 17.6 Å². The Morgan fingerprint density at radius 3 is 2.87 bits per heavy atom. The molecule has 3 atom stereocenters. The second kappa shape index (κ2) is 6.23. The molecule has 0 saturated carbocycles. The van der Waals surface area contributed by atoms with Gasteiger partial charge in [0, 0.05) is 35.9 Å². The van der Waals surface area contributed by atoms with E-state index in [9.17, 15) is 9.00 Å². The Morgan fingerprint density at radius 2 is 2.27 bits per heavy atom. The van der Waals surface area contributed by atoms with Crippen molar-refractivity contribution < 1.29 is 9.00 Å². The van der Waals surface area contributed by atoms with Gasteiger partial charge < -0.3 is 10.6 Å². The SMILES string of the molecule is CC1CNCC(C(=O)NCCS(C)=O)C1. The molecule has 88 valence electrons. The first-order valence-electron chi connectivity index (χ1n) is 5.38. The van der Waals surface area contributed by atoms with Crippen molar-refractivity contribution in [3.05, 3.63) is 0 Å². The summed E-state index contributed by atoms with van der Waals surface area (Å²) in [6.07, 6.45) is 2.60. The van der Waals surface area contributed by atoms with Crippen LogP contribution in [0.25, 0.3) is 0 Å². The van der Waals surface area contributed by atoms with Crippen molar-refractivity contribution in [2.24, 2.45) is 11.8 Å². The van der Waals surface area contributed by atoms with Gasteiger partial charge in [0.25, 0.3) is 0 Å². The summed E-state index contributed by atoms with van der Waals surface area (Å²) < 4.78 is 10.8. The smallest absolute Gasteiger partial charge is 0.224 e. The zero-order chi connectivity index (χ0) is 11.3. The van der Waals surface area contributed by atoms with E-state index < -0.39 is 10.8 Å². The number of hydrogen-bond donors (Lipinski definition) is 2. The van der Waals surface area contributed by atoms with Crippen LogP contribution < -0.4 is 10.6 Å². The zero-order valence-electron chi connectivity index (χ0n) is 9.41. The van der Waals surface area contributed by atoms with Crippen molar-refractivity contribution in [2.75, 3.05) is 31.6 Å². The van der Waals surface area contributed by atoms with E-state index >= 15 is 0 Å².